The zero-order valence-electron chi connectivity index (χ0n) is 16.2. The minimum atomic E-state index is -0.357. The lowest BCUT2D eigenvalue weighted by Crippen LogP contribution is -2.31. The van der Waals surface area contributed by atoms with Gasteiger partial charge in [-0.25, -0.2) is 0 Å². The highest BCUT2D eigenvalue weighted by Gasteiger charge is 2.45. The zero-order chi connectivity index (χ0) is 19.3. The summed E-state index contributed by atoms with van der Waals surface area (Å²) in [5.74, 6) is 0.364. The molecule has 0 aromatic heterocycles. The molecule has 2 aromatic rings. The van der Waals surface area contributed by atoms with Crippen LogP contribution in [0, 0.1) is 5.92 Å². The van der Waals surface area contributed by atoms with E-state index in [1.807, 2.05) is 12.1 Å². The Labute approximate surface area is 181 Å². The normalized spacial score (nSPS) is 25.0. The lowest BCUT2D eigenvalue weighted by atomic mass is 9.96. The van der Waals surface area contributed by atoms with E-state index in [2.05, 4.69) is 17.0 Å². The Bertz CT molecular complexity index is 912. The van der Waals surface area contributed by atoms with Gasteiger partial charge < -0.3 is 10.0 Å². The summed E-state index contributed by atoms with van der Waals surface area (Å²) in [5.41, 5.74) is 3.44. The minimum absolute atomic E-state index is 0. The second-order valence-electron chi connectivity index (χ2n) is 8.12. The quantitative estimate of drug-likeness (QED) is 0.553. The van der Waals surface area contributed by atoms with Crippen molar-refractivity contribution in [2.75, 3.05) is 26.2 Å². The molecule has 2 heterocycles. The van der Waals surface area contributed by atoms with E-state index in [1.165, 1.54) is 10.5 Å². The molecule has 152 valence electrons. The second kappa shape index (κ2) is 8.01. The van der Waals surface area contributed by atoms with Crippen LogP contribution in [-0.4, -0.2) is 52.9 Å². The molecule has 6 heteroatoms. The average molecular weight is 457 g/mol. The monoisotopic (exact) mass is 456 g/mol. The van der Waals surface area contributed by atoms with Crippen molar-refractivity contribution in [1.82, 2.24) is 9.80 Å². The Morgan fingerprint density at radius 3 is 2.10 bits per heavy atom. The molecule has 1 saturated heterocycles. The number of aliphatic hydroxyl groups is 1. The minimum Gasteiger partial charge on any atom is -0.388 e. The highest BCUT2D eigenvalue weighted by molar-refractivity contribution is 8.93. The average Bonchev–Trinajstić information content (AvgIpc) is 3.33. The third kappa shape index (κ3) is 3.33. The van der Waals surface area contributed by atoms with Crippen molar-refractivity contribution < 1.29 is 14.7 Å². The van der Waals surface area contributed by atoms with Crippen LogP contribution in [0.3, 0.4) is 0 Å². The van der Waals surface area contributed by atoms with E-state index in [1.54, 1.807) is 24.3 Å². The lowest BCUT2D eigenvalue weighted by molar-refractivity contribution is 0.0650. The van der Waals surface area contributed by atoms with Crippen LogP contribution in [0.2, 0.25) is 0 Å². The van der Waals surface area contributed by atoms with E-state index in [-0.39, 0.29) is 40.8 Å². The molecular weight excluding hydrogens is 432 g/mol. The van der Waals surface area contributed by atoms with Crippen molar-refractivity contribution in [3.63, 3.8) is 0 Å². The van der Waals surface area contributed by atoms with Crippen molar-refractivity contribution in [3.8, 4) is 0 Å². The molecule has 2 aliphatic heterocycles. The first kappa shape index (κ1) is 20.3. The van der Waals surface area contributed by atoms with E-state index >= 15 is 0 Å². The SMILES string of the molecule is Br.O=C1c2ccccc2C(=O)N1CCCCN1CC2c3ccccc3C(O)C2C1. The number of hydrogen-bond donors (Lipinski definition) is 1. The molecule has 29 heavy (non-hydrogen) atoms. The number of benzene rings is 2. The maximum absolute atomic E-state index is 12.4. The first-order valence-electron chi connectivity index (χ1n) is 10.1. The summed E-state index contributed by atoms with van der Waals surface area (Å²) in [4.78, 5) is 28.6. The summed E-state index contributed by atoms with van der Waals surface area (Å²) >= 11 is 0. The number of likely N-dealkylation sites (tertiary alicyclic amines) is 1. The van der Waals surface area contributed by atoms with Gasteiger partial charge in [0.15, 0.2) is 0 Å². The number of carbonyl (C=O) groups is 2. The van der Waals surface area contributed by atoms with Crippen LogP contribution >= 0.6 is 17.0 Å². The molecule has 0 bridgehead atoms. The van der Waals surface area contributed by atoms with Crippen LogP contribution in [0.15, 0.2) is 48.5 Å². The Morgan fingerprint density at radius 1 is 0.828 bits per heavy atom. The first-order valence-corrected chi connectivity index (χ1v) is 10.1. The third-order valence-corrected chi connectivity index (χ3v) is 6.54. The number of carbonyl (C=O) groups excluding carboxylic acids is 2. The summed E-state index contributed by atoms with van der Waals surface area (Å²) in [6.07, 6.45) is 1.38. The van der Waals surface area contributed by atoms with Gasteiger partial charge in [0.25, 0.3) is 11.8 Å². The van der Waals surface area contributed by atoms with Gasteiger partial charge in [0, 0.05) is 31.5 Å². The number of fused-ring (bicyclic) bond motifs is 4. The van der Waals surface area contributed by atoms with Crippen LogP contribution < -0.4 is 0 Å². The number of unbranched alkanes of at least 4 members (excludes halogenated alkanes) is 1. The first-order chi connectivity index (χ1) is 13.6. The molecule has 2 aromatic carbocycles. The zero-order valence-corrected chi connectivity index (χ0v) is 17.9. The number of nitrogens with zero attached hydrogens (tertiary/aromatic N) is 2. The second-order valence-corrected chi connectivity index (χ2v) is 8.12. The van der Waals surface area contributed by atoms with E-state index < -0.39 is 0 Å². The number of rotatable bonds is 5. The van der Waals surface area contributed by atoms with Gasteiger partial charge in [-0.1, -0.05) is 36.4 Å². The number of imide groups is 1. The third-order valence-electron chi connectivity index (χ3n) is 6.54. The van der Waals surface area contributed by atoms with E-state index in [0.29, 0.717) is 23.6 Å². The smallest absolute Gasteiger partial charge is 0.261 e. The Kier molecular flexibility index (Phi) is 5.60. The summed E-state index contributed by atoms with van der Waals surface area (Å²) < 4.78 is 0. The van der Waals surface area contributed by atoms with Crippen LogP contribution in [0.4, 0.5) is 0 Å². The van der Waals surface area contributed by atoms with Crippen LogP contribution in [-0.2, 0) is 0 Å². The maximum Gasteiger partial charge on any atom is 0.261 e. The van der Waals surface area contributed by atoms with Crippen LogP contribution in [0.25, 0.3) is 0 Å². The summed E-state index contributed by atoms with van der Waals surface area (Å²) in [6, 6.07) is 15.3. The van der Waals surface area contributed by atoms with Crippen molar-refractivity contribution in [1.29, 1.82) is 0 Å². The lowest BCUT2D eigenvalue weighted by Gasteiger charge is -2.19. The van der Waals surface area contributed by atoms with Gasteiger partial charge in [0.2, 0.25) is 0 Å². The molecule has 5 rings (SSSR count). The van der Waals surface area contributed by atoms with Gasteiger partial charge in [-0.3, -0.25) is 14.5 Å². The topological polar surface area (TPSA) is 60.9 Å². The van der Waals surface area contributed by atoms with Gasteiger partial charge in [0.1, 0.15) is 0 Å². The van der Waals surface area contributed by atoms with E-state index in [0.717, 1.165) is 38.0 Å². The fourth-order valence-corrected chi connectivity index (χ4v) is 5.14. The molecule has 1 fully saturated rings. The maximum atomic E-state index is 12.4. The number of amides is 2. The van der Waals surface area contributed by atoms with Gasteiger partial charge in [-0.05, 0) is 42.6 Å². The van der Waals surface area contributed by atoms with Crippen LogP contribution in [0.1, 0.15) is 56.7 Å². The number of aliphatic hydroxyl groups excluding tert-OH is 1. The highest BCUT2D eigenvalue weighted by atomic mass is 79.9. The summed E-state index contributed by atoms with van der Waals surface area (Å²) in [6.45, 7) is 3.29. The molecule has 2 amide bonds. The van der Waals surface area contributed by atoms with Crippen molar-refractivity contribution in [2.45, 2.75) is 24.9 Å². The van der Waals surface area contributed by atoms with E-state index in [9.17, 15) is 14.7 Å². The molecule has 0 spiro atoms. The predicted molar refractivity (Wildman–Crippen MR) is 115 cm³/mol. The Morgan fingerprint density at radius 2 is 1.41 bits per heavy atom. The number of halogens is 1. The molecule has 3 unspecified atom stereocenters. The van der Waals surface area contributed by atoms with E-state index in [4.69, 9.17) is 0 Å². The summed E-state index contributed by atoms with van der Waals surface area (Å²) in [7, 11) is 0. The van der Waals surface area contributed by atoms with Crippen molar-refractivity contribution in [3.05, 3.63) is 70.8 Å². The van der Waals surface area contributed by atoms with Crippen molar-refractivity contribution >= 4 is 28.8 Å². The standard InChI is InChI=1S/C23H24N2O3.BrH/c26-21-16-8-2-1-7-15(16)19-13-24(14-20(19)21)11-5-6-12-25-22(27)17-9-3-4-10-18(17)23(25)28;/h1-4,7-10,19-21,26H,5-6,11-14H2;1H. The van der Waals surface area contributed by atoms with Gasteiger partial charge in [0.05, 0.1) is 17.2 Å². The Hall–Kier alpha value is -2.02. The Balaban J connectivity index is 0.00000205. The molecule has 0 radical (unpaired) electrons. The molecule has 1 aliphatic carbocycles. The van der Waals surface area contributed by atoms with Crippen LogP contribution in [0.5, 0.6) is 0 Å². The molecule has 3 atom stereocenters. The molecule has 5 nitrogen and oxygen atoms in total. The number of hydrogen-bond acceptors (Lipinski definition) is 4. The van der Waals surface area contributed by atoms with Gasteiger partial charge in [-0.15, -0.1) is 17.0 Å². The predicted octanol–water partition coefficient (Wildman–Crippen LogP) is 3.40. The molecular formula is C23H25BrN2O3. The fourth-order valence-electron chi connectivity index (χ4n) is 5.14. The molecule has 1 N–H and O–H groups in total. The molecule has 3 aliphatic rings. The molecule has 0 saturated carbocycles. The largest absolute Gasteiger partial charge is 0.388 e. The van der Waals surface area contributed by atoms with Gasteiger partial charge in [-0.2, -0.15) is 0 Å². The van der Waals surface area contributed by atoms with Gasteiger partial charge >= 0.3 is 0 Å². The highest BCUT2D eigenvalue weighted by Crippen LogP contribution is 2.48. The van der Waals surface area contributed by atoms with Crippen molar-refractivity contribution in [2.24, 2.45) is 5.92 Å². The fraction of sp³-hybridized carbons (Fsp3) is 0.391. The summed E-state index contributed by atoms with van der Waals surface area (Å²) in [5, 5.41) is 10.6.